The molecule has 0 aliphatic heterocycles. The molecule has 0 bridgehead atoms. The molecule has 0 atom stereocenters. The van der Waals surface area contributed by atoms with Crippen molar-refractivity contribution < 1.29 is 21.3 Å². The lowest BCUT2D eigenvalue weighted by Gasteiger charge is -2.05. The molecule has 0 spiro atoms. The van der Waals surface area contributed by atoms with Crippen LogP contribution in [0.25, 0.3) is 0 Å². The molecule has 0 unspecified atom stereocenters. The van der Waals surface area contributed by atoms with Gasteiger partial charge < -0.3 is 4.42 Å². The van der Waals surface area contributed by atoms with E-state index in [4.69, 9.17) is 4.42 Å². The van der Waals surface area contributed by atoms with Crippen molar-refractivity contribution in [2.45, 2.75) is 6.54 Å². The topological polar surface area (TPSA) is 105 Å². The van der Waals surface area contributed by atoms with E-state index in [1.54, 1.807) is 12.1 Å². The Bertz CT molecular complexity index is 532. The molecule has 0 fully saturated rings. The van der Waals surface area contributed by atoms with Gasteiger partial charge in [-0.15, -0.1) is 0 Å². The second kappa shape index (κ2) is 5.63. The van der Waals surface area contributed by atoms with Crippen LogP contribution in [0.1, 0.15) is 5.76 Å². The Labute approximate surface area is 100 Å². The highest BCUT2D eigenvalue weighted by atomic mass is 32.2. The minimum atomic E-state index is -3.52. The highest BCUT2D eigenvalue weighted by Crippen LogP contribution is 1.99. The summed E-state index contributed by atoms with van der Waals surface area (Å²) in [6.45, 7) is -0.111. The fourth-order valence-electron chi connectivity index (χ4n) is 1.03. The van der Waals surface area contributed by atoms with Gasteiger partial charge in [-0.2, -0.15) is 0 Å². The van der Waals surface area contributed by atoms with Gasteiger partial charge in [0.15, 0.2) is 0 Å². The monoisotopic (exact) mass is 282 g/mol. The predicted octanol–water partition coefficient (Wildman–Crippen LogP) is -0.752. The number of rotatable bonds is 7. The minimum Gasteiger partial charge on any atom is -0.468 e. The van der Waals surface area contributed by atoms with Gasteiger partial charge in [-0.3, -0.25) is 0 Å². The molecule has 17 heavy (non-hydrogen) atoms. The van der Waals surface area contributed by atoms with Crippen molar-refractivity contribution in [1.82, 2.24) is 9.44 Å². The van der Waals surface area contributed by atoms with Crippen molar-refractivity contribution in [2.75, 3.05) is 18.6 Å². The van der Waals surface area contributed by atoms with Crippen LogP contribution in [0.2, 0.25) is 0 Å². The molecular weight excluding hydrogens is 268 g/mol. The molecule has 1 aromatic rings. The van der Waals surface area contributed by atoms with E-state index in [2.05, 4.69) is 9.44 Å². The van der Waals surface area contributed by atoms with Crippen LogP contribution in [0.3, 0.4) is 0 Å². The second-order valence-corrected chi connectivity index (χ2v) is 7.15. The molecule has 1 aromatic heterocycles. The molecule has 1 rings (SSSR count). The zero-order valence-electron chi connectivity index (χ0n) is 9.21. The van der Waals surface area contributed by atoms with E-state index in [1.165, 1.54) is 6.26 Å². The number of nitrogens with one attached hydrogen (secondary N) is 2. The molecule has 1 heterocycles. The maximum Gasteiger partial charge on any atom is 0.213 e. The Balaban J connectivity index is 2.36. The molecule has 0 aliphatic rings. The molecule has 0 saturated heterocycles. The largest absolute Gasteiger partial charge is 0.468 e. The Morgan fingerprint density at radius 1 is 1.24 bits per heavy atom. The summed E-state index contributed by atoms with van der Waals surface area (Å²) in [5.74, 6) is 0.172. The van der Waals surface area contributed by atoms with E-state index < -0.39 is 20.0 Å². The van der Waals surface area contributed by atoms with Gasteiger partial charge in [0, 0.05) is 6.54 Å². The normalized spacial score (nSPS) is 12.8. The number of furan rings is 1. The molecule has 0 aromatic carbocycles. The predicted molar refractivity (Wildman–Crippen MR) is 62.2 cm³/mol. The number of hydrogen-bond donors (Lipinski definition) is 2. The Morgan fingerprint density at radius 3 is 2.47 bits per heavy atom. The summed E-state index contributed by atoms with van der Waals surface area (Å²) in [5.41, 5.74) is 0. The Hall–Kier alpha value is -0.900. The van der Waals surface area contributed by atoms with Crippen LogP contribution in [0.5, 0.6) is 0 Å². The van der Waals surface area contributed by atoms with Crippen LogP contribution < -0.4 is 9.44 Å². The average Bonchev–Trinajstić information content (AvgIpc) is 2.64. The summed E-state index contributed by atoms with van der Waals surface area (Å²) in [5, 5.41) is 0. The quantitative estimate of drug-likeness (QED) is 0.684. The Morgan fingerprint density at radius 2 is 1.94 bits per heavy atom. The molecular formula is C8H14N2O5S2. The SMILES string of the molecule is CS(=O)(=O)NCCS(=O)(=O)NCc1ccco1. The Kier molecular flexibility index (Phi) is 4.69. The van der Waals surface area contributed by atoms with Crippen LogP contribution in [-0.2, 0) is 26.6 Å². The summed E-state index contributed by atoms with van der Waals surface area (Å²) in [6.07, 6.45) is 2.41. The van der Waals surface area contributed by atoms with E-state index in [9.17, 15) is 16.8 Å². The highest BCUT2D eigenvalue weighted by molar-refractivity contribution is 7.90. The van der Waals surface area contributed by atoms with Gasteiger partial charge in [-0.05, 0) is 12.1 Å². The first-order valence-electron chi connectivity index (χ1n) is 4.73. The lowest BCUT2D eigenvalue weighted by molar-refractivity contribution is 0.498. The lowest BCUT2D eigenvalue weighted by Crippen LogP contribution is -2.33. The summed E-state index contributed by atoms with van der Waals surface area (Å²) < 4.78 is 53.6. The van der Waals surface area contributed by atoms with Gasteiger partial charge in [0.1, 0.15) is 5.76 Å². The fraction of sp³-hybridized carbons (Fsp3) is 0.500. The van der Waals surface area contributed by atoms with Crippen molar-refractivity contribution in [3.8, 4) is 0 Å². The molecule has 0 saturated carbocycles. The standard InChI is InChI=1S/C8H14N2O5S2/c1-16(11,12)9-4-6-17(13,14)10-7-8-3-2-5-15-8/h2-3,5,9-10H,4,6-7H2,1H3. The van der Waals surface area contributed by atoms with Gasteiger partial charge >= 0.3 is 0 Å². The van der Waals surface area contributed by atoms with Crippen LogP contribution in [0.4, 0.5) is 0 Å². The molecule has 0 aliphatic carbocycles. The van der Waals surface area contributed by atoms with Crippen molar-refractivity contribution >= 4 is 20.0 Å². The third-order valence-corrected chi connectivity index (χ3v) is 3.84. The van der Waals surface area contributed by atoms with Crippen molar-refractivity contribution in [3.05, 3.63) is 24.2 Å². The molecule has 7 nitrogen and oxygen atoms in total. The smallest absolute Gasteiger partial charge is 0.213 e. The van der Waals surface area contributed by atoms with E-state index >= 15 is 0 Å². The van der Waals surface area contributed by atoms with Gasteiger partial charge in [0.25, 0.3) is 0 Å². The number of sulfonamides is 2. The zero-order chi connectivity index (χ0) is 12.9. The second-order valence-electron chi connectivity index (χ2n) is 3.39. The van der Waals surface area contributed by atoms with Gasteiger partial charge in [0.05, 0.1) is 24.8 Å². The van der Waals surface area contributed by atoms with E-state index in [0.717, 1.165) is 6.26 Å². The van der Waals surface area contributed by atoms with E-state index in [0.29, 0.717) is 5.76 Å². The van der Waals surface area contributed by atoms with E-state index in [-0.39, 0.29) is 18.8 Å². The summed E-state index contributed by atoms with van der Waals surface area (Å²) in [6, 6.07) is 3.28. The first kappa shape index (κ1) is 14.2. The molecule has 0 radical (unpaired) electrons. The summed E-state index contributed by atoms with van der Waals surface area (Å²) in [7, 11) is -6.88. The molecule has 98 valence electrons. The third-order valence-electron chi connectivity index (χ3n) is 1.78. The molecule has 0 amide bonds. The highest BCUT2D eigenvalue weighted by Gasteiger charge is 2.11. The van der Waals surface area contributed by atoms with Crippen molar-refractivity contribution in [1.29, 1.82) is 0 Å². The molecule has 9 heteroatoms. The minimum absolute atomic E-state index is 0.0498. The summed E-state index contributed by atoms with van der Waals surface area (Å²) >= 11 is 0. The van der Waals surface area contributed by atoms with E-state index in [1.807, 2.05) is 0 Å². The third kappa shape index (κ3) is 6.41. The lowest BCUT2D eigenvalue weighted by atomic mass is 10.5. The number of hydrogen-bond acceptors (Lipinski definition) is 5. The van der Waals surface area contributed by atoms with Crippen LogP contribution in [0, 0.1) is 0 Å². The first-order chi connectivity index (χ1) is 7.79. The van der Waals surface area contributed by atoms with Gasteiger partial charge in [-0.1, -0.05) is 0 Å². The van der Waals surface area contributed by atoms with Crippen LogP contribution in [0.15, 0.2) is 22.8 Å². The van der Waals surface area contributed by atoms with Gasteiger partial charge in [0.2, 0.25) is 20.0 Å². The van der Waals surface area contributed by atoms with Crippen LogP contribution in [-0.4, -0.2) is 35.4 Å². The molecule has 2 N–H and O–H groups in total. The fourth-order valence-corrected chi connectivity index (χ4v) is 2.51. The van der Waals surface area contributed by atoms with Crippen molar-refractivity contribution in [3.63, 3.8) is 0 Å². The maximum atomic E-state index is 11.4. The average molecular weight is 282 g/mol. The zero-order valence-corrected chi connectivity index (χ0v) is 10.8. The van der Waals surface area contributed by atoms with Crippen LogP contribution >= 0.6 is 0 Å². The first-order valence-corrected chi connectivity index (χ1v) is 8.27. The van der Waals surface area contributed by atoms with Crippen molar-refractivity contribution in [2.24, 2.45) is 0 Å². The maximum absolute atomic E-state index is 11.4. The summed E-state index contributed by atoms with van der Waals surface area (Å²) in [4.78, 5) is 0. The van der Waals surface area contributed by atoms with Gasteiger partial charge in [-0.25, -0.2) is 26.3 Å².